The number of rotatable bonds is 4. The number of hydrogen-bond donors (Lipinski definition) is 1. The first-order valence-electron chi connectivity index (χ1n) is 7.41. The summed E-state index contributed by atoms with van der Waals surface area (Å²) in [6.07, 6.45) is 5.17. The zero-order chi connectivity index (χ0) is 14.0. The minimum absolute atomic E-state index is 0.315. The Morgan fingerprint density at radius 1 is 1.47 bits per heavy atom. The maximum atomic E-state index is 6.04. The molecule has 0 aromatic carbocycles. The van der Waals surface area contributed by atoms with Gasteiger partial charge >= 0.3 is 0 Å². The van der Waals surface area contributed by atoms with E-state index in [9.17, 15) is 0 Å². The smallest absolute Gasteiger partial charge is 0.0948 e. The number of nitrogens with zero attached hydrogens (tertiary/aromatic N) is 3. The van der Waals surface area contributed by atoms with Gasteiger partial charge in [0, 0.05) is 25.8 Å². The van der Waals surface area contributed by atoms with Crippen molar-refractivity contribution in [2.45, 2.75) is 46.7 Å². The molecule has 0 bridgehead atoms. The van der Waals surface area contributed by atoms with Gasteiger partial charge in [0.25, 0.3) is 0 Å². The molecule has 1 aromatic rings. The number of nitrogens with two attached hydrogens (primary N) is 1. The number of aromatic nitrogens is 2. The van der Waals surface area contributed by atoms with Crippen molar-refractivity contribution < 1.29 is 0 Å². The van der Waals surface area contributed by atoms with Crippen LogP contribution in [0, 0.1) is 11.3 Å². The maximum absolute atomic E-state index is 6.04. The van der Waals surface area contributed by atoms with Crippen molar-refractivity contribution in [3.8, 4) is 0 Å². The summed E-state index contributed by atoms with van der Waals surface area (Å²) >= 11 is 0. The van der Waals surface area contributed by atoms with Crippen LogP contribution in [0.3, 0.4) is 0 Å². The molecule has 2 rings (SSSR count). The SMILES string of the molecule is CCn1cncc1C(CN)N1CCC(C(C)(C)C)C1. The highest BCUT2D eigenvalue weighted by Gasteiger charge is 2.35. The third kappa shape index (κ3) is 3.00. The molecule has 108 valence electrons. The monoisotopic (exact) mass is 264 g/mol. The van der Waals surface area contributed by atoms with Gasteiger partial charge < -0.3 is 10.3 Å². The van der Waals surface area contributed by atoms with E-state index in [0.29, 0.717) is 18.0 Å². The highest BCUT2D eigenvalue weighted by Crippen LogP contribution is 2.36. The number of imidazole rings is 1. The Balaban J connectivity index is 2.12. The van der Waals surface area contributed by atoms with E-state index in [2.05, 4.69) is 42.1 Å². The molecular formula is C15H28N4. The average Bonchev–Trinajstić information content (AvgIpc) is 2.97. The lowest BCUT2D eigenvalue weighted by Gasteiger charge is -2.30. The normalized spacial score (nSPS) is 22.9. The van der Waals surface area contributed by atoms with E-state index in [-0.39, 0.29) is 0 Å². The first-order chi connectivity index (χ1) is 8.97. The fourth-order valence-electron chi connectivity index (χ4n) is 3.11. The van der Waals surface area contributed by atoms with E-state index in [4.69, 9.17) is 5.73 Å². The van der Waals surface area contributed by atoms with Gasteiger partial charge in [0.1, 0.15) is 0 Å². The summed E-state index contributed by atoms with van der Waals surface area (Å²) in [5.74, 6) is 0.763. The van der Waals surface area contributed by atoms with Crippen LogP contribution in [0.2, 0.25) is 0 Å². The molecule has 1 aliphatic heterocycles. The maximum Gasteiger partial charge on any atom is 0.0948 e. The van der Waals surface area contributed by atoms with Crippen molar-refractivity contribution in [1.29, 1.82) is 0 Å². The summed E-state index contributed by atoms with van der Waals surface area (Å²) in [6, 6.07) is 0.315. The Morgan fingerprint density at radius 3 is 2.74 bits per heavy atom. The Morgan fingerprint density at radius 2 is 2.21 bits per heavy atom. The van der Waals surface area contributed by atoms with Crippen LogP contribution in [-0.2, 0) is 6.54 Å². The summed E-state index contributed by atoms with van der Waals surface area (Å²) in [5.41, 5.74) is 7.69. The molecule has 0 spiro atoms. The molecule has 1 aromatic heterocycles. The molecule has 1 fully saturated rings. The molecule has 0 saturated carbocycles. The minimum Gasteiger partial charge on any atom is -0.333 e. The molecule has 2 N–H and O–H groups in total. The van der Waals surface area contributed by atoms with Crippen LogP contribution in [0.25, 0.3) is 0 Å². The third-order valence-electron chi connectivity index (χ3n) is 4.54. The van der Waals surface area contributed by atoms with Gasteiger partial charge in [0.2, 0.25) is 0 Å². The fourth-order valence-corrected chi connectivity index (χ4v) is 3.11. The zero-order valence-corrected chi connectivity index (χ0v) is 12.8. The van der Waals surface area contributed by atoms with Crippen LogP contribution in [0.5, 0.6) is 0 Å². The van der Waals surface area contributed by atoms with Gasteiger partial charge in [-0.25, -0.2) is 4.98 Å². The molecule has 4 nitrogen and oxygen atoms in total. The standard InChI is InChI=1S/C15H28N4/c1-5-18-11-17-9-14(18)13(8-16)19-7-6-12(10-19)15(2,3)4/h9,11-13H,5-8,10,16H2,1-4H3. The van der Waals surface area contributed by atoms with Gasteiger partial charge in [-0.15, -0.1) is 0 Å². The third-order valence-corrected chi connectivity index (χ3v) is 4.54. The average molecular weight is 264 g/mol. The van der Waals surface area contributed by atoms with Gasteiger partial charge in [-0.2, -0.15) is 0 Å². The number of hydrogen-bond acceptors (Lipinski definition) is 3. The van der Waals surface area contributed by atoms with Gasteiger partial charge in [0.05, 0.1) is 18.1 Å². The second-order valence-corrected chi connectivity index (χ2v) is 6.70. The predicted molar refractivity (Wildman–Crippen MR) is 78.8 cm³/mol. The second kappa shape index (κ2) is 5.63. The number of aryl methyl sites for hydroxylation is 1. The first-order valence-corrected chi connectivity index (χ1v) is 7.41. The molecule has 2 atom stereocenters. The highest BCUT2D eigenvalue weighted by molar-refractivity contribution is 5.08. The molecule has 2 heterocycles. The molecule has 0 aliphatic carbocycles. The van der Waals surface area contributed by atoms with Crippen LogP contribution in [0.1, 0.15) is 45.9 Å². The molecular weight excluding hydrogens is 236 g/mol. The van der Waals surface area contributed by atoms with Crippen molar-refractivity contribution in [2.75, 3.05) is 19.6 Å². The summed E-state index contributed by atoms with van der Waals surface area (Å²) in [4.78, 5) is 6.82. The predicted octanol–water partition coefficient (Wildman–Crippen LogP) is 2.27. The van der Waals surface area contributed by atoms with E-state index < -0.39 is 0 Å². The van der Waals surface area contributed by atoms with Gasteiger partial charge in [-0.1, -0.05) is 20.8 Å². The van der Waals surface area contributed by atoms with Crippen molar-refractivity contribution >= 4 is 0 Å². The Bertz CT molecular complexity index is 405. The molecule has 0 radical (unpaired) electrons. The summed E-state index contributed by atoms with van der Waals surface area (Å²) in [6.45, 7) is 13.1. The summed E-state index contributed by atoms with van der Waals surface area (Å²) in [5, 5.41) is 0. The second-order valence-electron chi connectivity index (χ2n) is 6.70. The molecule has 1 saturated heterocycles. The van der Waals surface area contributed by atoms with E-state index in [1.807, 2.05) is 12.5 Å². The van der Waals surface area contributed by atoms with E-state index in [1.165, 1.54) is 12.1 Å². The topological polar surface area (TPSA) is 47.1 Å². The van der Waals surface area contributed by atoms with E-state index in [1.54, 1.807) is 0 Å². The summed E-state index contributed by atoms with van der Waals surface area (Å²) in [7, 11) is 0. The van der Waals surface area contributed by atoms with Crippen molar-refractivity contribution in [1.82, 2.24) is 14.5 Å². The lowest BCUT2D eigenvalue weighted by Crippen LogP contribution is -2.34. The Hall–Kier alpha value is -0.870. The Labute approximate surface area is 117 Å². The molecule has 2 unspecified atom stereocenters. The number of likely N-dealkylation sites (tertiary alicyclic amines) is 1. The van der Waals surface area contributed by atoms with Crippen LogP contribution >= 0.6 is 0 Å². The molecule has 1 aliphatic rings. The molecule has 4 heteroatoms. The van der Waals surface area contributed by atoms with Crippen LogP contribution < -0.4 is 5.73 Å². The highest BCUT2D eigenvalue weighted by atomic mass is 15.2. The van der Waals surface area contributed by atoms with Crippen molar-refractivity contribution in [3.63, 3.8) is 0 Å². The van der Waals surface area contributed by atoms with E-state index >= 15 is 0 Å². The van der Waals surface area contributed by atoms with Crippen molar-refractivity contribution in [3.05, 3.63) is 18.2 Å². The van der Waals surface area contributed by atoms with Crippen LogP contribution in [-0.4, -0.2) is 34.1 Å². The van der Waals surface area contributed by atoms with Gasteiger partial charge in [-0.05, 0) is 31.2 Å². The van der Waals surface area contributed by atoms with Crippen molar-refractivity contribution in [2.24, 2.45) is 17.1 Å². The zero-order valence-electron chi connectivity index (χ0n) is 12.8. The van der Waals surface area contributed by atoms with Crippen LogP contribution in [0.4, 0.5) is 0 Å². The fraction of sp³-hybridized carbons (Fsp3) is 0.800. The molecule has 0 amide bonds. The van der Waals surface area contributed by atoms with E-state index in [0.717, 1.165) is 25.6 Å². The van der Waals surface area contributed by atoms with Crippen LogP contribution in [0.15, 0.2) is 12.5 Å². The quantitative estimate of drug-likeness (QED) is 0.907. The Kier molecular flexibility index (Phi) is 4.31. The lowest BCUT2D eigenvalue weighted by atomic mass is 9.80. The largest absolute Gasteiger partial charge is 0.333 e. The van der Waals surface area contributed by atoms with Gasteiger partial charge in [-0.3, -0.25) is 4.90 Å². The minimum atomic E-state index is 0.315. The first kappa shape index (κ1) is 14.5. The van der Waals surface area contributed by atoms with Gasteiger partial charge in [0.15, 0.2) is 0 Å². The summed E-state index contributed by atoms with van der Waals surface area (Å²) < 4.78 is 2.21. The molecule has 19 heavy (non-hydrogen) atoms. The lowest BCUT2D eigenvalue weighted by molar-refractivity contribution is 0.193.